The molecule has 3 aromatic rings. The molecule has 1 amide bonds. The van der Waals surface area contributed by atoms with E-state index in [0.29, 0.717) is 17.5 Å². The van der Waals surface area contributed by atoms with Crippen LogP contribution < -0.4 is 20.9 Å². The predicted molar refractivity (Wildman–Crippen MR) is 130 cm³/mol. The van der Waals surface area contributed by atoms with Crippen LogP contribution in [-0.4, -0.2) is 40.0 Å². The Balaban J connectivity index is 0.00000306. The molecule has 8 nitrogen and oxygen atoms in total. The first-order valence-corrected chi connectivity index (χ1v) is 10.6. The molecule has 0 aliphatic carbocycles. The maximum absolute atomic E-state index is 13.3. The Kier molecular flexibility index (Phi) is 8.00. The van der Waals surface area contributed by atoms with Crippen LogP contribution in [-0.2, 0) is 4.79 Å². The van der Waals surface area contributed by atoms with E-state index in [1.54, 1.807) is 30.7 Å². The topological polar surface area (TPSA) is 95.1 Å². The number of hydrogen-bond acceptors (Lipinski definition) is 7. The second-order valence-corrected chi connectivity index (χ2v) is 7.86. The molecule has 1 saturated heterocycles. The first-order chi connectivity index (χ1) is 15.5. The minimum Gasteiger partial charge on any atom is -0.369 e. The fourth-order valence-corrected chi connectivity index (χ4v) is 3.79. The second-order valence-electron chi connectivity index (χ2n) is 7.86. The van der Waals surface area contributed by atoms with Crippen LogP contribution >= 0.6 is 12.4 Å². The van der Waals surface area contributed by atoms with Crippen LogP contribution in [0.4, 0.5) is 27.5 Å². The van der Waals surface area contributed by atoms with Crippen molar-refractivity contribution >= 4 is 41.5 Å². The lowest BCUT2D eigenvalue weighted by Crippen LogP contribution is -2.35. The zero-order valence-electron chi connectivity index (χ0n) is 18.5. The summed E-state index contributed by atoms with van der Waals surface area (Å²) in [5.74, 6) is 1.60. The molecule has 3 N–H and O–H groups in total. The Morgan fingerprint density at radius 3 is 2.61 bits per heavy atom. The van der Waals surface area contributed by atoms with E-state index < -0.39 is 0 Å². The maximum Gasteiger partial charge on any atom is 0.217 e. The van der Waals surface area contributed by atoms with Gasteiger partial charge < -0.3 is 20.9 Å². The number of halogens is 2. The molecule has 1 fully saturated rings. The van der Waals surface area contributed by atoms with Crippen molar-refractivity contribution in [3.05, 3.63) is 66.4 Å². The Labute approximate surface area is 198 Å². The van der Waals surface area contributed by atoms with Crippen LogP contribution in [0, 0.1) is 5.82 Å². The van der Waals surface area contributed by atoms with Crippen LogP contribution in [0.3, 0.4) is 0 Å². The third-order valence-corrected chi connectivity index (χ3v) is 5.32. The van der Waals surface area contributed by atoms with E-state index >= 15 is 0 Å². The molecule has 0 spiro atoms. The summed E-state index contributed by atoms with van der Waals surface area (Å²) in [4.78, 5) is 26.7. The van der Waals surface area contributed by atoms with E-state index in [2.05, 4.69) is 30.8 Å². The lowest BCUT2D eigenvalue weighted by atomic mass is 10.1. The van der Waals surface area contributed by atoms with Crippen LogP contribution in [0.25, 0.3) is 0 Å². The number of benzene rings is 1. The smallest absolute Gasteiger partial charge is 0.217 e. The van der Waals surface area contributed by atoms with Gasteiger partial charge in [-0.1, -0.05) is 12.1 Å². The summed E-state index contributed by atoms with van der Waals surface area (Å²) in [7, 11) is 0. The lowest BCUT2D eigenvalue weighted by Gasteiger charge is -2.22. The Hall–Kier alpha value is -3.46. The van der Waals surface area contributed by atoms with Gasteiger partial charge in [0.15, 0.2) is 0 Å². The van der Waals surface area contributed by atoms with Gasteiger partial charge >= 0.3 is 0 Å². The number of carbonyl (C=O) groups is 1. The van der Waals surface area contributed by atoms with Crippen LogP contribution in [0.5, 0.6) is 0 Å². The van der Waals surface area contributed by atoms with Gasteiger partial charge in [0, 0.05) is 62.3 Å². The molecule has 0 unspecified atom stereocenters. The molecule has 10 heteroatoms. The van der Waals surface area contributed by atoms with Crippen LogP contribution in [0.2, 0.25) is 0 Å². The summed E-state index contributed by atoms with van der Waals surface area (Å²) < 4.78 is 13.3. The third kappa shape index (κ3) is 6.52. The van der Waals surface area contributed by atoms with Crippen molar-refractivity contribution in [3.8, 4) is 0 Å². The standard InChI is InChI=1S/C23H26FN7O.ClH/c1-15(17-3-5-18(24)6-4-17)27-21-11-20(31-10-7-19(14-31)28-16(2)32)12-22(29-21)30-23-13-25-8-9-26-23;/h3-6,8-9,11-13,15,19H,7,10,14H2,1-2H3,(H,28,32)(H2,26,27,29,30);1H/t15-,19-;/m0./s1. The van der Waals surface area contributed by atoms with Crippen molar-refractivity contribution in [2.24, 2.45) is 0 Å². The van der Waals surface area contributed by atoms with Gasteiger partial charge in [-0.3, -0.25) is 9.78 Å². The number of pyridine rings is 1. The molecule has 2 aromatic heterocycles. The first kappa shape index (κ1) is 24.2. The van der Waals surface area contributed by atoms with Crippen molar-refractivity contribution in [2.75, 3.05) is 28.6 Å². The molecule has 174 valence electrons. The maximum atomic E-state index is 13.3. The highest BCUT2D eigenvalue weighted by Gasteiger charge is 2.24. The monoisotopic (exact) mass is 471 g/mol. The van der Waals surface area contributed by atoms with Crippen LogP contribution in [0.1, 0.15) is 31.9 Å². The van der Waals surface area contributed by atoms with Crippen molar-refractivity contribution in [3.63, 3.8) is 0 Å². The molecule has 1 aromatic carbocycles. The fourth-order valence-electron chi connectivity index (χ4n) is 3.79. The average molecular weight is 472 g/mol. The summed E-state index contributed by atoms with van der Waals surface area (Å²) in [5, 5.41) is 9.60. The van der Waals surface area contributed by atoms with Crippen LogP contribution in [0.15, 0.2) is 55.0 Å². The highest BCUT2D eigenvalue weighted by atomic mass is 35.5. The molecule has 0 saturated carbocycles. The largest absolute Gasteiger partial charge is 0.369 e. The summed E-state index contributed by atoms with van der Waals surface area (Å²) >= 11 is 0. The summed E-state index contributed by atoms with van der Waals surface area (Å²) in [6.45, 7) is 5.09. The fraction of sp³-hybridized carbons (Fsp3) is 0.304. The number of nitrogens with one attached hydrogen (secondary N) is 3. The van der Waals surface area contributed by atoms with Gasteiger partial charge in [-0.15, -0.1) is 12.4 Å². The Bertz CT molecular complexity index is 1070. The number of amides is 1. The molecular weight excluding hydrogens is 445 g/mol. The zero-order chi connectivity index (χ0) is 22.5. The predicted octanol–water partition coefficient (Wildman–Crippen LogP) is 4.06. The number of nitrogens with zero attached hydrogens (tertiary/aromatic N) is 4. The van der Waals surface area contributed by atoms with E-state index in [4.69, 9.17) is 4.98 Å². The van der Waals surface area contributed by atoms with Gasteiger partial charge in [0.25, 0.3) is 0 Å². The number of carbonyl (C=O) groups excluding carboxylic acids is 1. The number of hydrogen-bond donors (Lipinski definition) is 3. The molecule has 0 bridgehead atoms. The Morgan fingerprint density at radius 1 is 1.15 bits per heavy atom. The first-order valence-electron chi connectivity index (χ1n) is 10.6. The van der Waals surface area contributed by atoms with Gasteiger partial charge in [0.2, 0.25) is 5.91 Å². The molecule has 0 radical (unpaired) electrons. The van der Waals surface area contributed by atoms with Gasteiger partial charge in [-0.05, 0) is 31.0 Å². The number of rotatable bonds is 7. The Morgan fingerprint density at radius 2 is 1.91 bits per heavy atom. The van der Waals surface area contributed by atoms with E-state index in [0.717, 1.165) is 30.8 Å². The lowest BCUT2D eigenvalue weighted by molar-refractivity contribution is -0.119. The molecular formula is C23H27ClFN7O. The molecule has 3 heterocycles. The minimum atomic E-state index is -0.265. The van der Waals surface area contributed by atoms with Gasteiger partial charge in [-0.25, -0.2) is 14.4 Å². The zero-order valence-corrected chi connectivity index (χ0v) is 19.3. The van der Waals surface area contributed by atoms with Gasteiger partial charge in [0.05, 0.1) is 6.20 Å². The normalized spacial score (nSPS) is 16.0. The van der Waals surface area contributed by atoms with Crippen molar-refractivity contribution in [1.82, 2.24) is 20.3 Å². The summed E-state index contributed by atoms with van der Waals surface area (Å²) in [6, 6.07) is 10.4. The molecule has 4 rings (SSSR count). The second kappa shape index (κ2) is 10.9. The SMILES string of the molecule is CC(=O)N[C@H]1CCN(c2cc(Nc3cnccn3)nc(N[C@@H](C)c3ccc(F)cc3)c2)C1.Cl. The molecule has 33 heavy (non-hydrogen) atoms. The van der Waals surface area contributed by atoms with E-state index in [1.807, 2.05) is 19.1 Å². The van der Waals surface area contributed by atoms with Crippen molar-refractivity contribution in [1.29, 1.82) is 0 Å². The summed E-state index contributed by atoms with van der Waals surface area (Å²) in [5.41, 5.74) is 1.93. The average Bonchev–Trinajstić information content (AvgIpc) is 3.22. The van der Waals surface area contributed by atoms with E-state index in [1.165, 1.54) is 19.1 Å². The molecule has 1 aliphatic heterocycles. The highest BCUT2D eigenvalue weighted by Crippen LogP contribution is 2.29. The van der Waals surface area contributed by atoms with Gasteiger partial charge in [-0.2, -0.15) is 0 Å². The highest BCUT2D eigenvalue weighted by molar-refractivity contribution is 5.85. The van der Waals surface area contributed by atoms with Gasteiger partial charge in [0.1, 0.15) is 23.3 Å². The number of anilines is 4. The third-order valence-electron chi connectivity index (χ3n) is 5.32. The van der Waals surface area contributed by atoms with Crippen molar-refractivity contribution < 1.29 is 9.18 Å². The molecule has 2 atom stereocenters. The molecule has 1 aliphatic rings. The van der Waals surface area contributed by atoms with E-state index in [-0.39, 0.29) is 36.2 Å². The quantitative estimate of drug-likeness (QED) is 0.478. The van der Waals surface area contributed by atoms with Crippen molar-refractivity contribution in [2.45, 2.75) is 32.4 Å². The minimum absolute atomic E-state index is 0. The number of aromatic nitrogens is 3. The summed E-state index contributed by atoms with van der Waals surface area (Å²) in [6.07, 6.45) is 5.73. The van der Waals surface area contributed by atoms with E-state index in [9.17, 15) is 9.18 Å².